The molecule has 3 N–H and O–H groups in total. The maximum Gasteiger partial charge on any atom is 0.248 e. The maximum atomic E-state index is 11.9. The van der Waals surface area contributed by atoms with Crippen LogP contribution in [0.15, 0.2) is 24.3 Å². The van der Waals surface area contributed by atoms with Crippen molar-refractivity contribution in [1.29, 1.82) is 0 Å². The molecule has 0 radical (unpaired) electrons. The Labute approximate surface area is 118 Å². The van der Waals surface area contributed by atoms with Gasteiger partial charge in [0, 0.05) is 11.3 Å². The largest absolute Gasteiger partial charge is 0.366 e. The molecular weight excluding hydrogens is 280 g/mol. The van der Waals surface area contributed by atoms with Gasteiger partial charge in [-0.25, -0.2) is 8.42 Å². The maximum absolute atomic E-state index is 11.9. The highest BCUT2D eigenvalue weighted by Crippen LogP contribution is 2.14. The van der Waals surface area contributed by atoms with Gasteiger partial charge in [0.25, 0.3) is 0 Å². The van der Waals surface area contributed by atoms with Gasteiger partial charge in [-0.05, 0) is 45.0 Å². The van der Waals surface area contributed by atoms with Gasteiger partial charge in [0.15, 0.2) is 9.84 Å². The van der Waals surface area contributed by atoms with Crippen molar-refractivity contribution in [2.75, 3.05) is 5.32 Å². The average Bonchev–Trinajstić information content (AvgIpc) is 2.38. The van der Waals surface area contributed by atoms with Crippen LogP contribution in [-0.4, -0.2) is 30.7 Å². The van der Waals surface area contributed by atoms with Crippen LogP contribution >= 0.6 is 0 Å². The fourth-order valence-corrected chi connectivity index (χ4v) is 2.69. The molecule has 0 bridgehead atoms. The Balaban J connectivity index is 2.83. The van der Waals surface area contributed by atoms with E-state index in [1.54, 1.807) is 0 Å². The fraction of sp³-hybridized carbons (Fsp3) is 0.385. The van der Waals surface area contributed by atoms with E-state index in [0.717, 1.165) is 0 Å². The molecule has 0 aliphatic rings. The van der Waals surface area contributed by atoms with Crippen molar-refractivity contribution in [1.82, 2.24) is 0 Å². The third kappa shape index (κ3) is 3.57. The monoisotopic (exact) mass is 298 g/mol. The molecule has 1 rings (SSSR count). The summed E-state index contributed by atoms with van der Waals surface area (Å²) >= 11 is 0. The summed E-state index contributed by atoms with van der Waals surface area (Å²) in [6.07, 6.45) is 0. The standard InChI is InChI=1S/C13H18N2O4S/c1-8(2)20(18,19)9(3)13(17)15-11-6-4-10(5-7-11)12(14)16/h4-9H,1-3H3,(H2,14,16)(H,15,17). The molecule has 1 aromatic rings. The molecular formula is C13H18N2O4S. The molecule has 2 amide bonds. The van der Waals surface area contributed by atoms with Crippen LogP contribution in [-0.2, 0) is 14.6 Å². The molecule has 1 aromatic carbocycles. The lowest BCUT2D eigenvalue weighted by Crippen LogP contribution is -2.36. The Morgan fingerprint density at radius 2 is 1.60 bits per heavy atom. The number of nitrogens with one attached hydrogen (secondary N) is 1. The summed E-state index contributed by atoms with van der Waals surface area (Å²) in [5.41, 5.74) is 5.82. The second-order valence-corrected chi connectivity index (χ2v) is 7.54. The molecule has 0 fully saturated rings. The molecule has 6 nitrogen and oxygen atoms in total. The van der Waals surface area contributed by atoms with Crippen molar-refractivity contribution >= 4 is 27.3 Å². The first-order chi connectivity index (χ1) is 9.16. The molecule has 0 aliphatic carbocycles. The van der Waals surface area contributed by atoms with Crippen molar-refractivity contribution in [2.24, 2.45) is 5.73 Å². The first-order valence-corrected chi connectivity index (χ1v) is 7.70. The van der Waals surface area contributed by atoms with E-state index < -0.39 is 32.2 Å². The second kappa shape index (κ2) is 6.04. The van der Waals surface area contributed by atoms with Crippen molar-refractivity contribution in [3.8, 4) is 0 Å². The minimum absolute atomic E-state index is 0.311. The summed E-state index contributed by atoms with van der Waals surface area (Å²) in [6, 6.07) is 5.90. The van der Waals surface area contributed by atoms with Gasteiger partial charge in [-0.2, -0.15) is 0 Å². The van der Waals surface area contributed by atoms with E-state index in [2.05, 4.69) is 5.32 Å². The van der Waals surface area contributed by atoms with E-state index in [9.17, 15) is 18.0 Å². The Morgan fingerprint density at radius 1 is 1.10 bits per heavy atom. The molecule has 0 saturated carbocycles. The van der Waals surface area contributed by atoms with Crippen LogP contribution in [0.25, 0.3) is 0 Å². The van der Waals surface area contributed by atoms with Crippen molar-refractivity contribution in [3.63, 3.8) is 0 Å². The number of nitrogens with two attached hydrogens (primary N) is 1. The minimum atomic E-state index is -3.50. The molecule has 1 atom stereocenters. The van der Waals surface area contributed by atoms with Crippen LogP contribution in [0.4, 0.5) is 5.69 Å². The summed E-state index contributed by atoms with van der Waals surface area (Å²) in [5.74, 6) is -1.18. The fourth-order valence-electron chi connectivity index (χ4n) is 1.52. The zero-order valence-corrected chi connectivity index (χ0v) is 12.4. The lowest BCUT2D eigenvalue weighted by molar-refractivity contribution is -0.115. The van der Waals surface area contributed by atoms with Crippen LogP contribution in [0.5, 0.6) is 0 Å². The van der Waals surface area contributed by atoms with E-state index in [-0.39, 0.29) is 0 Å². The van der Waals surface area contributed by atoms with Gasteiger partial charge >= 0.3 is 0 Å². The highest BCUT2D eigenvalue weighted by Gasteiger charge is 2.30. The molecule has 20 heavy (non-hydrogen) atoms. The number of carbonyl (C=O) groups is 2. The smallest absolute Gasteiger partial charge is 0.248 e. The predicted molar refractivity (Wildman–Crippen MR) is 77.1 cm³/mol. The van der Waals surface area contributed by atoms with Gasteiger partial charge in [0.1, 0.15) is 5.25 Å². The van der Waals surface area contributed by atoms with Gasteiger partial charge in [0.05, 0.1) is 5.25 Å². The zero-order chi connectivity index (χ0) is 15.5. The van der Waals surface area contributed by atoms with Crippen LogP contribution in [0, 0.1) is 0 Å². The SMILES string of the molecule is CC(C)S(=O)(=O)C(C)C(=O)Nc1ccc(C(N)=O)cc1. The van der Waals surface area contributed by atoms with Crippen LogP contribution in [0.2, 0.25) is 0 Å². The zero-order valence-electron chi connectivity index (χ0n) is 11.6. The molecule has 0 heterocycles. The number of anilines is 1. The number of amides is 2. The number of rotatable bonds is 5. The van der Waals surface area contributed by atoms with Gasteiger partial charge in [-0.15, -0.1) is 0 Å². The first kappa shape index (κ1) is 16.2. The number of sulfone groups is 1. The van der Waals surface area contributed by atoms with E-state index >= 15 is 0 Å². The lowest BCUT2D eigenvalue weighted by Gasteiger charge is -2.15. The summed E-state index contributed by atoms with van der Waals surface area (Å²) in [7, 11) is -3.50. The van der Waals surface area contributed by atoms with Crippen molar-refractivity contribution in [3.05, 3.63) is 29.8 Å². The van der Waals surface area contributed by atoms with Gasteiger partial charge < -0.3 is 11.1 Å². The molecule has 0 aromatic heterocycles. The summed E-state index contributed by atoms with van der Waals surface area (Å²) in [6.45, 7) is 4.41. The highest BCUT2D eigenvalue weighted by atomic mass is 32.2. The predicted octanol–water partition coefficient (Wildman–Crippen LogP) is 0.936. The summed E-state index contributed by atoms with van der Waals surface area (Å²) in [4.78, 5) is 22.8. The topological polar surface area (TPSA) is 106 Å². The van der Waals surface area contributed by atoms with E-state index in [4.69, 9.17) is 5.73 Å². The van der Waals surface area contributed by atoms with Crippen molar-refractivity contribution in [2.45, 2.75) is 31.3 Å². The lowest BCUT2D eigenvalue weighted by atomic mass is 10.2. The number of hydrogen-bond donors (Lipinski definition) is 2. The summed E-state index contributed by atoms with van der Waals surface area (Å²) < 4.78 is 23.8. The molecule has 0 saturated heterocycles. The van der Waals surface area contributed by atoms with Gasteiger partial charge in [0.2, 0.25) is 11.8 Å². The Hall–Kier alpha value is -1.89. The normalized spacial score (nSPS) is 13.0. The van der Waals surface area contributed by atoms with E-state index in [1.807, 2.05) is 0 Å². The molecule has 0 spiro atoms. The molecule has 0 aliphatic heterocycles. The van der Waals surface area contributed by atoms with Crippen LogP contribution < -0.4 is 11.1 Å². The molecule has 7 heteroatoms. The van der Waals surface area contributed by atoms with E-state index in [0.29, 0.717) is 11.3 Å². The number of primary amides is 1. The Morgan fingerprint density at radius 3 is 2.00 bits per heavy atom. The highest BCUT2D eigenvalue weighted by molar-refractivity contribution is 7.93. The Bertz CT molecular complexity index is 606. The number of carbonyl (C=O) groups excluding carboxylic acids is 2. The first-order valence-electron chi connectivity index (χ1n) is 6.09. The molecule has 1 unspecified atom stereocenters. The molecule has 110 valence electrons. The average molecular weight is 298 g/mol. The van der Waals surface area contributed by atoms with Gasteiger partial charge in [-0.3, -0.25) is 9.59 Å². The third-order valence-corrected chi connectivity index (χ3v) is 5.47. The third-order valence-electron chi connectivity index (χ3n) is 2.96. The summed E-state index contributed by atoms with van der Waals surface area (Å²) in [5, 5.41) is 0.734. The minimum Gasteiger partial charge on any atom is -0.366 e. The van der Waals surface area contributed by atoms with Crippen LogP contribution in [0.1, 0.15) is 31.1 Å². The van der Waals surface area contributed by atoms with Gasteiger partial charge in [-0.1, -0.05) is 0 Å². The second-order valence-electron chi connectivity index (χ2n) is 4.71. The van der Waals surface area contributed by atoms with Crippen LogP contribution in [0.3, 0.4) is 0 Å². The number of benzene rings is 1. The Kier molecular flexibility index (Phi) is 4.88. The number of hydrogen-bond acceptors (Lipinski definition) is 4. The van der Waals surface area contributed by atoms with Crippen molar-refractivity contribution < 1.29 is 18.0 Å². The van der Waals surface area contributed by atoms with E-state index in [1.165, 1.54) is 45.0 Å². The quantitative estimate of drug-likeness (QED) is 0.843.